The standard InChI is InChI=1S/C24H29N3O/c1-27-22-13-7-6-12-21(22)25-23(27)16-15-19-10-4-5-11-20(19)26-24(28)17-14-18-8-2-3-9-18/h4-7,10-13,18H,2-3,8-9,14-17H2,1H3,(H,26,28). The maximum atomic E-state index is 12.4. The second-order valence-corrected chi connectivity index (χ2v) is 7.97. The summed E-state index contributed by atoms with van der Waals surface area (Å²) in [7, 11) is 2.07. The van der Waals surface area contributed by atoms with E-state index in [2.05, 4.69) is 35.1 Å². The van der Waals surface area contributed by atoms with E-state index in [1.54, 1.807) is 0 Å². The Morgan fingerprint density at radius 2 is 1.82 bits per heavy atom. The number of hydrogen-bond acceptors (Lipinski definition) is 2. The maximum Gasteiger partial charge on any atom is 0.224 e. The fourth-order valence-corrected chi connectivity index (χ4v) is 4.37. The van der Waals surface area contributed by atoms with Gasteiger partial charge >= 0.3 is 0 Å². The molecule has 1 saturated carbocycles. The molecule has 1 fully saturated rings. The first-order valence-corrected chi connectivity index (χ1v) is 10.5. The molecule has 1 N–H and O–H groups in total. The van der Waals surface area contributed by atoms with Gasteiger partial charge in [-0.25, -0.2) is 4.98 Å². The lowest BCUT2D eigenvalue weighted by Crippen LogP contribution is -2.14. The highest BCUT2D eigenvalue weighted by molar-refractivity contribution is 5.91. The fourth-order valence-electron chi connectivity index (χ4n) is 4.37. The van der Waals surface area contributed by atoms with Gasteiger partial charge < -0.3 is 9.88 Å². The first kappa shape index (κ1) is 18.7. The van der Waals surface area contributed by atoms with Gasteiger partial charge in [0.1, 0.15) is 5.82 Å². The van der Waals surface area contributed by atoms with Gasteiger partial charge in [0, 0.05) is 25.6 Å². The molecule has 0 spiro atoms. The van der Waals surface area contributed by atoms with Crippen LogP contribution in [-0.2, 0) is 24.7 Å². The van der Waals surface area contributed by atoms with Crippen molar-refractivity contribution in [1.29, 1.82) is 0 Å². The number of rotatable bonds is 7. The van der Waals surface area contributed by atoms with E-state index in [1.807, 2.05) is 30.3 Å². The van der Waals surface area contributed by atoms with Gasteiger partial charge in [-0.1, -0.05) is 56.0 Å². The summed E-state index contributed by atoms with van der Waals surface area (Å²) < 4.78 is 2.16. The molecule has 1 heterocycles. The predicted octanol–water partition coefficient (Wildman–Crippen LogP) is 5.27. The number of nitrogens with zero attached hydrogens (tertiary/aromatic N) is 2. The van der Waals surface area contributed by atoms with Gasteiger partial charge in [-0.2, -0.15) is 0 Å². The number of amides is 1. The van der Waals surface area contributed by atoms with Crippen LogP contribution in [0.1, 0.15) is 49.9 Å². The van der Waals surface area contributed by atoms with Crippen LogP contribution in [0.25, 0.3) is 11.0 Å². The summed E-state index contributed by atoms with van der Waals surface area (Å²) in [6.45, 7) is 0. The van der Waals surface area contributed by atoms with Crippen LogP contribution in [0.5, 0.6) is 0 Å². The lowest BCUT2D eigenvalue weighted by molar-refractivity contribution is -0.116. The van der Waals surface area contributed by atoms with Crippen LogP contribution in [0.3, 0.4) is 0 Å². The monoisotopic (exact) mass is 375 g/mol. The minimum absolute atomic E-state index is 0.141. The lowest BCUT2D eigenvalue weighted by Gasteiger charge is -2.12. The zero-order valence-electron chi connectivity index (χ0n) is 16.7. The van der Waals surface area contributed by atoms with Crippen LogP contribution in [0, 0.1) is 5.92 Å². The largest absolute Gasteiger partial charge is 0.331 e. The second kappa shape index (κ2) is 8.59. The summed E-state index contributed by atoms with van der Waals surface area (Å²) in [6, 6.07) is 16.4. The van der Waals surface area contributed by atoms with Crippen LogP contribution < -0.4 is 5.32 Å². The first-order chi connectivity index (χ1) is 13.7. The molecule has 1 aliphatic rings. The molecule has 0 unspecified atom stereocenters. The molecular weight excluding hydrogens is 346 g/mol. The Bertz CT molecular complexity index is 953. The van der Waals surface area contributed by atoms with Crippen LogP contribution >= 0.6 is 0 Å². The summed E-state index contributed by atoms with van der Waals surface area (Å²) in [5, 5.41) is 3.15. The number of nitrogens with one attached hydrogen (secondary N) is 1. The predicted molar refractivity (Wildman–Crippen MR) is 114 cm³/mol. The van der Waals surface area contributed by atoms with E-state index in [9.17, 15) is 4.79 Å². The Morgan fingerprint density at radius 1 is 1.07 bits per heavy atom. The van der Waals surface area contributed by atoms with Gasteiger partial charge in [0.2, 0.25) is 5.91 Å². The van der Waals surface area contributed by atoms with Crippen molar-refractivity contribution in [1.82, 2.24) is 9.55 Å². The van der Waals surface area contributed by atoms with E-state index in [-0.39, 0.29) is 5.91 Å². The van der Waals surface area contributed by atoms with Crippen molar-refractivity contribution in [3.8, 4) is 0 Å². The molecule has 0 bridgehead atoms. The third-order valence-corrected chi connectivity index (χ3v) is 6.04. The van der Waals surface area contributed by atoms with E-state index in [4.69, 9.17) is 4.98 Å². The lowest BCUT2D eigenvalue weighted by atomic mass is 10.0. The van der Waals surface area contributed by atoms with Crippen LogP contribution in [0.4, 0.5) is 5.69 Å². The second-order valence-electron chi connectivity index (χ2n) is 7.97. The molecule has 4 rings (SSSR count). The number of hydrogen-bond donors (Lipinski definition) is 1. The molecule has 28 heavy (non-hydrogen) atoms. The average molecular weight is 376 g/mol. The number of carbonyl (C=O) groups is 1. The molecule has 0 saturated heterocycles. The third kappa shape index (κ3) is 4.27. The Morgan fingerprint density at radius 3 is 2.64 bits per heavy atom. The Labute approximate surface area is 167 Å². The van der Waals surface area contributed by atoms with E-state index >= 15 is 0 Å². The van der Waals surface area contributed by atoms with Crippen LogP contribution in [-0.4, -0.2) is 15.5 Å². The van der Waals surface area contributed by atoms with E-state index < -0.39 is 0 Å². The number of aromatic nitrogens is 2. The van der Waals surface area contributed by atoms with Crippen molar-refractivity contribution in [3.63, 3.8) is 0 Å². The summed E-state index contributed by atoms with van der Waals surface area (Å²) in [6.07, 6.45) is 8.60. The van der Waals surface area contributed by atoms with Crippen LogP contribution in [0.2, 0.25) is 0 Å². The van der Waals surface area contributed by atoms with Gasteiger partial charge in [-0.15, -0.1) is 0 Å². The van der Waals surface area contributed by atoms with E-state index in [0.29, 0.717) is 6.42 Å². The molecule has 3 aromatic rings. The molecule has 0 atom stereocenters. The van der Waals surface area contributed by atoms with Gasteiger partial charge in [0.05, 0.1) is 11.0 Å². The number of anilines is 1. The molecule has 4 heteroatoms. The zero-order chi connectivity index (χ0) is 19.3. The third-order valence-electron chi connectivity index (χ3n) is 6.04. The van der Waals surface area contributed by atoms with Crippen molar-refractivity contribution in [2.45, 2.75) is 51.4 Å². The number of para-hydroxylation sites is 3. The molecule has 0 aliphatic heterocycles. The normalized spacial score (nSPS) is 14.6. The highest BCUT2D eigenvalue weighted by atomic mass is 16.1. The van der Waals surface area contributed by atoms with Crippen molar-refractivity contribution in [2.24, 2.45) is 13.0 Å². The van der Waals surface area contributed by atoms with Gasteiger partial charge in [0.15, 0.2) is 0 Å². The minimum atomic E-state index is 0.141. The smallest absolute Gasteiger partial charge is 0.224 e. The number of fused-ring (bicyclic) bond motifs is 1. The molecule has 1 aliphatic carbocycles. The summed E-state index contributed by atoms with van der Waals surface area (Å²) in [5.41, 5.74) is 4.31. The Kier molecular flexibility index (Phi) is 5.75. The van der Waals surface area contributed by atoms with Crippen LogP contribution in [0.15, 0.2) is 48.5 Å². The Hall–Kier alpha value is -2.62. The zero-order valence-corrected chi connectivity index (χ0v) is 16.7. The maximum absolute atomic E-state index is 12.4. The number of aryl methyl sites for hydroxylation is 3. The molecule has 2 aromatic carbocycles. The highest BCUT2D eigenvalue weighted by Crippen LogP contribution is 2.28. The van der Waals surface area contributed by atoms with E-state index in [0.717, 1.165) is 47.7 Å². The number of imidazole rings is 1. The molecule has 4 nitrogen and oxygen atoms in total. The minimum Gasteiger partial charge on any atom is -0.331 e. The van der Waals surface area contributed by atoms with Crippen molar-refractivity contribution < 1.29 is 4.79 Å². The molecule has 1 amide bonds. The summed E-state index contributed by atoms with van der Waals surface area (Å²) >= 11 is 0. The highest BCUT2D eigenvalue weighted by Gasteiger charge is 2.16. The fraction of sp³-hybridized carbons (Fsp3) is 0.417. The number of carbonyl (C=O) groups excluding carboxylic acids is 1. The SMILES string of the molecule is Cn1c(CCc2ccccc2NC(=O)CCC2CCCC2)nc2ccccc21. The quantitative estimate of drug-likeness (QED) is 0.612. The molecule has 1 aromatic heterocycles. The summed E-state index contributed by atoms with van der Waals surface area (Å²) in [4.78, 5) is 17.2. The van der Waals surface area contributed by atoms with Crippen molar-refractivity contribution >= 4 is 22.6 Å². The van der Waals surface area contributed by atoms with Crippen molar-refractivity contribution in [3.05, 3.63) is 59.9 Å². The topological polar surface area (TPSA) is 46.9 Å². The van der Waals surface area contributed by atoms with Gasteiger partial charge in [0.25, 0.3) is 0 Å². The van der Waals surface area contributed by atoms with Gasteiger partial charge in [-0.3, -0.25) is 4.79 Å². The Balaban J connectivity index is 1.39. The molecule has 146 valence electrons. The van der Waals surface area contributed by atoms with Crippen molar-refractivity contribution in [2.75, 3.05) is 5.32 Å². The summed E-state index contributed by atoms with van der Waals surface area (Å²) in [5.74, 6) is 1.96. The average Bonchev–Trinajstić information content (AvgIpc) is 3.34. The first-order valence-electron chi connectivity index (χ1n) is 10.5. The van der Waals surface area contributed by atoms with E-state index in [1.165, 1.54) is 31.2 Å². The molecule has 0 radical (unpaired) electrons. The van der Waals surface area contributed by atoms with Gasteiger partial charge in [-0.05, 0) is 42.5 Å². The molecular formula is C24H29N3O. The number of benzene rings is 2.